The fourth-order valence-electron chi connectivity index (χ4n) is 8.68. The monoisotopic (exact) mass is 368 g/mol. The second-order valence-corrected chi connectivity index (χ2v) is 10.6. The van der Waals surface area contributed by atoms with Gasteiger partial charge < -0.3 is 30.3 Å². The summed E-state index contributed by atoms with van der Waals surface area (Å²) in [7, 11) is 0. The molecular formula is C20H32O6. The predicted octanol–water partition coefficient (Wildman–Crippen LogP) is 0.247. The van der Waals surface area contributed by atoms with E-state index in [4.69, 9.17) is 4.74 Å². The Kier molecular flexibility index (Phi) is 3.32. The average Bonchev–Trinajstić information content (AvgIpc) is 2.67. The van der Waals surface area contributed by atoms with Gasteiger partial charge in [0.15, 0.2) is 0 Å². The van der Waals surface area contributed by atoms with Crippen LogP contribution in [-0.4, -0.2) is 62.3 Å². The third kappa shape index (κ3) is 1.53. The molecule has 0 aromatic rings. The van der Waals surface area contributed by atoms with Crippen molar-refractivity contribution >= 4 is 0 Å². The zero-order valence-electron chi connectivity index (χ0n) is 15.8. The van der Waals surface area contributed by atoms with Gasteiger partial charge in [0.2, 0.25) is 5.79 Å². The molecule has 6 fully saturated rings. The summed E-state index contributed by atoms with van der Waals surface area (Å²) in [4.78, 5) is 0. The minimum Gasteiger partial charge on any atom is -0.393 e. The van der Waals surface area contributed by atoms with Crippen LogP contribution in [0.15, 0.2) is 0 Å². The molecule has 6 rings (SSSR count). The van der Waals surface area contributed by atoms with E-state index in [1.165, 1.54) is 0 Å². The van der Waals surface area contributed by atoms with E-state index in [9.17, 15) is 25.5 Å². The Balaban J connectivity index is 1.79. The van der Waals surface area contributed by atoms with E-state index < -0.39 is 47.0 Å². The van der Waals surface area contributed by atoms with Crippen molar-refractivity contribution in [1.82, 2.24) is 0 Å². The third-order valence-electron chi connectivity index (χ3n) is 9.41. The van der Waals surface area contributed by atoms with Crippen LogP contribution in [0.3, 0.4) is 0 Å². The first-order valence-corrected chi connectivity index (χ1v) is 10.1. The standard InChI is InChI=1S/C20H32O6/c1-9-10-7-11(21)12-18-6-4-5-17(2,3)13(18)16(24)20(25,26-8-18)19(12,14(9)22)15(10)23/h9-16,21-25H,4-8H2,1-3H3/t9-,10+,11+,12+,13-,14-,15-,16+,18-,19+,20+/m1/s1. The lowest BCUT2D eigenvalue weighted by atomic mass is 9.35. The van der Waals surface area contributed by atoms with E-state index in [2.05, 4.69) is 13.8 Å². The molecule has 5 N–H and O–H groups in total. The lowest BCUT2D eigenvalue weighted by molar-refractivity contribution is -0.476. The van der Waals surface area contributed by atoms with Crippen LogP contribution in [0.4, 0.5) is 0 Å². The summed E-state index contributed by atoms with van der Waals surface area (Å²) in [6.45, 7) is 6.35. The Labute approximate surface area is 154 Å². The van der Waals surface area contributed by atoms with E-state index in [1.54, 1.807) is 0 Å². The van der Waals surface area contributed by atoms with E-state index in [0.29, 0.717) is 6.42 Å². The Morgan fingerprint density at radius 3 is 2.31 bits per heavy atom. The van der Waals surface area contributed by atoms with E-state index in [-0.39, 0.29) is 29.8 Å². The van der Waals surface area contributed by atoms with Crippen molar-refractivity contribution < 1.29 is 30.3 Å². The number of hydrogen-bond donors (Lipinski definition) is 5. The molecule has 0 amide bonds. The smallest absolute Gasteiger partial charge is 0.203 e. The van der Waals surface area contributed by atoms with Gasteiger partial charge in [-0.2, -0.15) is 0 Å². The highest BCUT2D eigenvalue weighted by Gasteiger charge is 2.86. The first-order valence-electron chi connectivity index (χ1n) is 10.1. The number of ether oxygens (including phenoxy) is 1. The highest BCUT2D eigenvalue weighted by molar-refractivity contribution is 5.31. The second-order valence-electron chi connectivity index (χ2n) is 10.6. The van der Waals surface area contributed by atoms with Crippen molar-refractivity contribution in [3.8, 4) is 0 Å². The molecule has 26 heavy (non-hydrogen) atoms. The molecule has 0 aromatic carbocycles. The molecule has 2 aliphatic heterocycles. The Hall–Kier alpha value is -0.240. The van der Waals surface area contributed by atoms with Gasteiger partial charge in [-0.15, -0.1) is 0 Å². The lowest BCUT2D eigenvalue weighted by Crippen LogP contribution is -2.85. The highest BCUT2D eigenvalue weighted by Crippen LogP contribution is 2.77. The molecule has 0 radical (unpaired) electrons. The van der Waals surface area contributed by atoms with Crippen LogP contribution in [0.2, 0.25) is 0 Å². The maximum absolute atomic E-state index is 11.7. The van der Waals surface area contributed by atoms with Gasteiger partial charge in [-0.3, -0.25) is 0 Å². The Morgan fingerprint density at radius 2 is 1.62 bits per heavy atom. The molecule has 2 spiro atoms. The van der Waals surface area contributed by atoms with E-state index >= 15 is 0 Å². The quantitative estimate of drug-likeness (QED) is 0.419. The van der Waals surface area contributed by atoms with Gasteiger partial charge in [0.25, 0.3) is 0 Å². The van der Waals surface area contributed by atoms with Gasteiger partial charge in [-0.25, -0.2) is 0 Å². The van der Waals surface area contributed by atoms with Crippen molar-refractivity contribution in [1.29, 1.82) is 0 Å². The molecule has 0 unspecified atom stereocenters. The van der Waals surface area contributed by atoms with Crippen molar-refractivity contribution in [3.63, 3.8) is 0 Å². The predicted molar refractivity (Wildman–Crippen MR) is 91.7 cm³/mol. The number of aliphatic hydroxyl groups is 5. The normalized spacial score (nSPS) is 65.5. The van der Waals surface area contributed by atoms with Gasteiger partial charge in [-0.05, 0) is 36.5 Å². The Morgan fingerprint density at radius 1 is 0.923 bits per heavy atom. The maximum Gasteiger partial charge on any atom is 0.203 e. The summed E-state index contributed by atoms with van der Waals surface area (Å²) in [5.74, 6) is -3.33. The number of fused-ring (bicyclic) bond motifs is 2. The SMILES string of the molecule is C[C@@H]1[C@@H]2C[C@H](O)[C@H]3[C@]45CCCC(C)(C)[C@H]4[C@H](O)[C@](O)(OC5)[C@@]3([C@@H]1O)[C@@H]2O. The van der Waals surface area contributed by atoms with Crippen LogP contribution < -0.4 is 0 Å². The molecule has 6 nitrogen and oxygen atoms in total. The zero-order chi connectivity index (χ0) is 18.9. The van der Waals surface area contributed by atoms with E-state index in [1.807, 2.05) is 6.92 Å². The van der Waals surface area contributed by atoms with Crippen molar-refractivity contribution in [2.75, 3.05) is 6.61 Å². The topological polar surface area (TPSA) is 110 Å². The minimum absolute atomic E-state index is 0.215. The van der Waals surface area contributed by atoms with Gasteiger partial charge in [0, 0.05) is 17.3 Å². The van der Waals surface area contributed by atoms with Crippen LogP contribution in [-0.2, 0) is 4.74 Å². The molecule has 148 valence electrons. The summed E-state index contributed by atoms with van der Waals surface area (Å²) in [5, 5.41) is 56.8. The summed E-state index contributed by atoms with van der Waals surface area (Å²) in [5.41, 5.74) is -2.19. The van der Waals surface area contributed by atoms with Crippen LogP contribution in [0.5, 0.6) is 0 Å². The molecule has 6 aliphatic rings. The number of hydrogen-bond acceptors (Lipinski definition) is 6. The average molecular weight is 368 g/mol. The summed E-state index contributed by atoms with van der Waals surface area (Å²) in [6, 6.07) is 0. The fourth-order valence-corrected chi connectivity index (χ4v) is 8.68. The van der Waals surface area contributed by atoms with Crippen molar-refractivity contribution in [2.24, 2.45) is 39.9 Å². The molecule has 4 aliphatic carbocycles. The van der Waals surface area contributed by atoms with Gasteiger partial charge in [0.05, 0.1) is 30.3 Å². The third-order valence-corrected chi connectivity index (χ3v) is 9.41. The number of rotatable bonds is 0. The maximum atomic E-state index is 11.7. The van der Waals surface area contributed by atoms with Crippen LogP contribution in [0, 0.1) is 39.9 Å². The van der Waals surface area contributed by atoms with Crippen LogP contribution >= 0.6 is 0 Å². The molecule has 2 saturated heterocycles. The van der Waals surface area contributed by atoms with E-state index in [0.717, 1.165) is 19.3 Å². The molecule has 2 heterocycles. The van der Waals surface area contributed by atoms with Crippen molar-refractivity contribution in [2.45, 2.75) is 76.7 Å². The van der Waals surface area contributed by atoms with Gasteiger partial charge in [-0.1, -0.05) is 27.2 Å². The second kappa shape index (κ2) is 4.84. The lowest BCUT2D eigenvalue weighted by Gasteiger charge is -2.75. The Bertz CT molecular complexity index is 632. The highest BCUT2D eigenvalue weighted by atomic mass is 16.6. The summed E-state index contributed by atoms with van der Waals surface area (Å²) < 4.78 is 5.93. The molecule has 11 atom stereocenters. The van der Waals surface area contributed by atoms with Gasteiger partial charge >= 0.3 is 0 Å². The first-order chi connectivity index (χ1) is 12.1. The van der Waals surface area contributed by atoms with Crippen molar-refractivity contribution in [3.05, 3.63) is 0 Å². The fraction of sp³-hybridized carbons (Fsp3) is 1.00. The molecular weight excluding hydrogens is 336 g/mol. The summed E-state index contributed by atoms with van der Waals surface area (Å²) in [6.07, 6.45) is -0.847. The summed E-state index contributed by atoms with van der Waals surface area (Å²) >= 11 is 0. The number of aliphatic hydroxyl groups excluding tert-OH is 4. The first kappa shape index (κ1) is 17.8. The molecule has 6 heteroatoms. The van der Waals surface area contributed by atoms with Gasteiger partial charge in [0.1, 0.15) is 6.10 Å². The van der Waals surface area contributed by atoms with Crippen LogP contribution in [0.1, 0.15) is 46.5 Å². The zero-order valence-corrected chi connectivity index (χ0v) is 15.8. The van der Waals surface area contributed by atoms with Crippen LogP contribution in [0.25, 0.3) is 0 Å². The largest absolute Gasteiger partial charge is 0.393 e. The molecule has 4 bridgehead atoms. The molecule has 4 saturated carbocycles. The molecule has 0 aromatic heterocycles. The minimum atomic E-state index is -2.04.